The van der Waals surface area contributed by atoms with Gasteiger partial charge in [0.05, 0.1) is 36.3 Å². The zero-order chi connectivity index (χ0) is 24.0. The number of aryl methyl sites for hydroxylation is 2. The van der Waals surface area contributed by atoms with Gasteiger partial charge in [-0.2, -0.15) is 0 Å². The number of rotatable bonds is 4. The molecule has 0 spiro atoms. The van der Waals surface area contributed by atoms with E-state index in [4.69, 9.17) is 0 Å². The Bertz CT molecular complexity index is 1170. The third-order valence-electron chi connectivity index (χ3n) is 7.09. The average molecular weight is 461 g/mol. The number of para-hydroxylation sites is 1. The third kappa shape index (κ3) is 3.82. The van der Waals surface area contributed by atoms with E-state index in [-0.39, 0.29) is 36.5 Å². The van der Waals surface area contributed by atoms with Gasteiger partial charge < -0.3 is 0 Å². The molecular formula is C26H28N4O4. The fourth-order valence-electron chi connectivity index (χ4n) is 5.27. The van der Waals surface area contributed by atoms with Crippen molar-refractivity contribution in [2.24, 2.45) is 0 Å². The van der Waals surface area contributed by atoms with Gasteiger partial charge in [0.2, 0.25) is 11.8 Å². The van der Waals surface area contributed by atoms with Crippen LogP contribution in [-0.4, -0.2) is 71.7 Å². The molecule has 0 aromatic heterocycles. The van der Waals surface area contributed by atoms with E-state index in [9.17, 15) is 19.2 Å². The van der Waals surface area contributed by atoms with E-state index in [0.29, 0.717) is 37.6 Å². The van der Waals surface area contributed by atoms with E-state index in [1.54, 1.807) is 12.1 Å². The number of hydrogen-bond donors (Lipinski definition) is 0. The van der Waals surface area contributed by atoms with Gasteiger partial charge in [-0.15, -0.1) is 0 Å². The first-order valence-electron chi connectivity index (χ1n) is 11.7. The first-order valence-corrected chi connectivity index (χ1v) is 11.7. The Hall–Kier alpha value is -3.36. The summed E-state index contributed by atoms with van der Waals surface area (Å²) < 4.78 is 0. The van der Waals surface area contributed by atoms with Gasteiger partial charge in [-0.05, 0) is 43.2 Å². The highest BCUT2D eigenvalue weighted by molar-refractivity contribution is 6.23. The van der Waals surface area contributed by atoms with Crippen molar-refractivity contribution in [3.8, 4) is 0 Å². The lowest BCUT2D eigenvalue weighted by atomic mass is 10.1. The maximum absolute atomic E-state index is 13.2. The minimum Gasteiger partial charge on any atom is -0.289 e. The summed E-state index contributed by atoms with van der Waals surface area (Å²) in [5.41, 5.74) is 3.13. The number of anilines is 2. The summed E-state index contributed by atoms with van der Waals surface area (Å²) in [6, 6.07) is 13.8. The molecule has 3 saturated heterocycles. The molecule has 8 heteroatoms. The molecule has 2 atom stereocenters. The molecule has 2 aromatic rings. The Morgan fingerprint density at radius 2 is 1.24 bits per heavy atom. The molecule has 0 bridgehead atoms. The Labute approximate surface area is 198 Å². The van der Waals surface area contributed by atoms with E-state index >= 15 is 0 Å². The molecule has 4 amide bonds. The maximum atomic E-state index is 13.2. The molecule has 0 radical (unpaired) electrons. The van der Waals surface area contributed by atoms with Gasteiger partial charge in [0.25, 0.3) is 11.8 Å². The standard InChI is InChI=1S/C26H28N4O4/c1-17-6-5-8-19(14-17)29-23(31)15-21(25(29)33)27-10-12-28(13-11-27)22-16-24(32)30(26(22)34)20-9-4-3-7-18(20)2/h3-9,14,21-22H,10-13,15-16H2,1-2H3/t21-,22+/m1/s1. The third-order valence-corrected chi connectivity index (χ3v) is 7.09. The predicted octanol–water partition coefficient (Wildman–Crippen LogP) is 1.89. The molecule has 5 rings (SSSR count). The smallest absolute Gasteiger partial charge is 0.251 e. The van der Waals surface area contributed by atoms with E-state index < -0.39 is 12.1 Å². The predicted molar refractivity (Wildman–Crippen MR) is 127 cm³/mol. The first kappa shape index (κ1) is 22.4. The second kappa shape index (κ2) is 8.77. The van der Waals surface area contributed by atoms with Gasteiger partial charge in [0.1, 0.15) is 0 Å². The number of amides is 4. The van der Waals surface area contributed by atoms with Crippen LogP contribution in [0.5, 0.6) is 0 Å². The SMILES string of the molecule is Cc1cccc(N2C(=O)C[C@@H](N3CCN([C@H]4CC(=O)N(c5ccccc5C)C4=O)CC3)C2=O)c1. The van der Waals surface area contributed by atoms with Crippen molar-refractivity contribution in [1.82, 2.24) is 9.80 Å². The minimum atomic E-state index is -0.487. The van der Waals surface area contributed by atoms with Gasteiger partial charge in [0, 0.05) is 26.2 Å². The van der Waals surface area contributed by atoms with Crippen molar-refractivity contribution in [1.29, 1.82) is 0 Å². The number of nitrogens with zero attached hydrogens (tertiary/aromatic N) is 4. The molecule has 0 saturated carbocycles. The number of hydrogen-bond acceptors (Lipinski definition) is 6. The lowest BCUT2D eigenvalue weighted by Crippen LogP contribution is -2.56. The molecule has 0 unspecified atom stereocenters. The first-order chi connectivity index (χ1) is 16.3. The van der Waals surface area contributed by atoms with Crippen LogP contribution in [0, 0.1) is 13.8 Å². The quantitative estimate of drug-likeness (QED) is 0.649. The minimum absolute atomic E-state index is 0.161. The molecule has 0 aliphatic carbocycles. The van der Waals surface area contributed by atoms with Gasteiger partial charge in [-0.1, -0.05) is 30.3 Å². The van der Waals surface area contributed by atoms with E-state index in [0.717, 1.165) is 11.1 Å². The van der Waals surface area contributed by atoms with E-state index in [1.807, 2.05) is 60.0 Å². The number of imide groups is 2. The normalized spacial score (nSPS) is 24.5. The number of piperazine rings is 1. The van der Waals surface area contributed by atoms with Crippen LogP contribution >= 0.6 is 0 Å². The summed E-state index contributed by atoms with van der Waals surface area (Å²) >= 11 is 0. The molecule has 3 aliphatic heterocycles. The monoisotopic (exact) mass is 460 g/mol. The summed E-state index contributed by atoms with van der Waals surface area (Å²) in [4.78, 5) is 58.4. The molecule has 3 fully saturated rings. The lowest BCUT2D eigenvalue weighted by Gasteiger charge is -2.38. The van der Waals surface area contributed by atoms with Crippen LogP contribution in [0.3, 0.4) is 0 Å². The number of carbonyl (C=O) groups is 4. The average Bonchev–Trinajstić information content (AvgIpc) is 3.28. The van der Waals surface area contributed by atoms with Crippen molar-refractivity contribution in [2.45, 2.75) is 38.8 Å². The van der Waals surface area contributed by atoms with Crippen molar-refractivity contribution >= 4 is 35.0 Å². The topological polar surface area (TPSA) is 81.2 Å². The van der Waals surface area contributed by atoms with Crippen molar-refractivity contribution in [2.75, 3.05) is 36.0 Å². The molecule has 34 heavy (non-hydrogen) atoms. The second-order valence-electron chi connectivity index (χ2n) is 9.27. The van der Waals surface area contributed by atoms with Crippen molar-refractivity contribution < 1.29 is 19.2 Å². The van der Waals surface area contributed by atoms with E-state index in [2.05, 4.69) is 0 Å². The highest BCUT2D eigenvalue weighted by atomic mass is 16.2. The van der Waals surface area contributed by atoms with Crippen LogP contribution in [-0.2, 0) is 19.2 Å². The van der Waals surface area contributed by atoms with Crippen LogP contribution < -0.4 is 9.80 Å². The molecule has 176 valence electrons. The highest BCUT2D eigenvalue weighted by Gasteiger charge is 2.46. The second-order valence-corrected chi connectivity index (χ2v) is 9.27. The zero-order valence-electron chi connectivity index (χ0n) is 19.4. The van der Waals surface area contributed by atoms with Gasteiger partial charge in [-0.3, -0.25) is 29.0 Å². The molecule has 2 aromatic carbocycles. The fraction of sp³-hybridized carbons (Fsp3) is 0.385. The van der Waals surface area contributed by atoms with Gasteiger partial charge in [-0.25, -0.2) is 9.80 Å². The van der Waals surface area contributed by atoms with Crippen LogP contribution in [0.4, 0.5) is 11.4 Å². The Morgan fingerprint density at radius 1 is 0.676 bits per heavy atom. The van der Waals surface area contributed by atoms with Crippen LogP contribution in [0.2, 0.25) is 0 Å². The summed E-state index contributed by atoms with van der Waals surface area (Å²) in [5.74, 6) is -0.752. The molecule has 0 N–H and O–H groups in total. The van der Waals surface area contributed by atoms with Crippen LogP contribution in [0.15, 0.2) is 48.5 Å². The lowest BCUT2D eigenvalue weighted by molar-refractivity contribution is -0.126. The Balaban J connectivity index is 1.24. The summed E-state index contributed by atoms with van der Waals surface area (Å²) in [5, 5.41) is 0. The number of carbonyl (C=O) groups excluding carboxylic acids is 4. The highest BCUT2D eigenvalue weighted by Crippen LogP contribution is 2.30. The van der Waals surface area contributed by atoms with Gasteiger partial charge >= 0.3 is 0 Å². The molecule has 8 nitrogen and oxygen atoms in total. The summed E-state index contributed by atoms with van der Waals surface area (Å²) in [6.45, 7) is 6.07. The maximum Gasteiger partial charge on any atom is 0.251 e. The summed E-state index contributed by atoms with van der Waals surface area (Å²) in [7, 11) is 0. The Morgan fingerprint density at radius 3 is 1.82 bits per heavy atom. The van der Waals surface area contributed by atoms with Crippen molar-refractivity contribution in [3.05, 3.63) is 59.7 Å². The van der Waals surface area contributed by atoms with Gasteiger partial charge in [0.15, 0.2) is 0 Å². The number of benzene rings is 2. The molecular weight excluding hydrogens is 432 g/mol. The summed E-state index contributed by atoms with van der Waals surface area (Å²) in [6.07, 6.45) is 0.323. The zero-order valence-corrected chi connectivity index (χ0v) is 19.4. The van der Waals surface area contributed by atoms with Crippen LogP contribution in [0.1, 0.15) is 24.0 Å². The largest absolute Gasteiger partial charge is 0.289 e. The van der Waals surface area contributed by atoms with Crippen molar-refractivity contribution in [3.63, 3.8) is 0 Å². The molecule has 3 aliphatic rings. The fourth-order valence-corrected chi connectivity index (χ4v) is 5.27. The Kier molecular flexibility index (Phi) is 5.79. The van der Waals surface area contributed by atoms with E-state index in [1.165, 1.54) is 9.80 Å². The van der Waals surface area contributed by atoms with Crippen LogP contribution in [0.25, 0.3) is 0 Å². The molecule has 3 heterocycles.